The Morgan fingerprint density at radius 3 is 2.67 bits per heavy atom. The lowest BCUT2D eigenvalue weighted by atomic mass is 9.48. The van der Waals surface area contributed by atoms with E-state index in [4.69, 9.17) is 5.73 Å². The molecular weight excluding hydrogens is 440 g/mol. The molecule has 0 aliphatic heterocycles. The van der Waals surface area contributed by atoms with Crippen LogP contribution in [0.15, 0.2) is 34.9 Å². The molecule has 5 atom stereocenters. The summed E-state index contributed by atoms with van der Waals surface area (Å²) in [5, 5.41) is 16.3. The van der Waals surface area contributed by atoms with Crippen molar-refractivity contribution in [3.63, 3.8) is 0 Å². The molecule has 0 radical (unpaired) electrons. The van der Waals surface area contributed by atoms with Crippen molar-refractivity contribution in [3.05, 3.63) is 46.1 Å². The number of benzene rings is 1. The lowest BCUT2D eigenvalue weighted by Crippen LogP contribution is -2.58. The van der Waals surface area contributed by atoms with Gasteiger partial charge in [-0.1, -0.05) is 34.1 Å². The zero-order valence-electron chi connectivity index (χ0n) is 16.9. The summed E-state index contributed by atoms with van der Waals surface area (Å²) < 4.78 is 1.05. The maximum absolute atomic E-state index is 9.54. The van der Waals surface area contributed by atoms with E-state index in [-0.39, 0.29) is 0 Å². The van der Waals surface area contributed by atoms with Crippen molar-refractivity contribution in [1.82, 2.24) is 9.97 Å². The molecule has 4 aliphatic carbocycles. The fourth-order valence-corrected chi connectivity index (χ4v) is 6.64. The molecule has 4 N–H and O–H groups in total. The molecule has 6 nitrogen and oxygen atoms in total. The molecule has 156 valence electrons. The van der Waals surface area contributed by atoms with Gasteiger partial charge in [0.05, 0.1) is 6.20 Å². The summed E-state index contributed by atoms with van der Waals surface area (Å²) in [6.45, 7) is 1.47. The van der Waals surface area contributed by atoms with Gasteiger partial charge in [-0.3, -0.25) is 0 Å². The Kier molecular flexibility index (Phi) is 5.16. The number of rotatable bonds is 6. The van der Waals surface area contributed by atoms with Crippen LogP contribution in [-0.2, 0) is 6.54 Å². The van der Waals surface area contributed by atoms with E-state index < -0.39 is 0 Å². The van der Waals surface area contributed by atoms with Crippen molar-refractivity contribution >= 4 is 27.7 Å². The van der Waals surface area contributed by atoms with Crippen LogP contribution in [0.1, 0.15) is 43.2 Å². The average Bonchev–Trinajstić information content (AvgIpc) is 2.75. The van der Waals surface area contributed by atoms with Gasteiger partial charge in [-0.2, -0.15) is 10.2 Å². The summed E-state index contributed by atoms with van der Waals surface area (Å²) in [4.78, 5) is 8.95. The van der Waals surface area contributed by atoms with E-state index in [0.29, 0.717) is 47.2 Å². The fourth-order valence-electron chi connectivity index (χ4n) is 6.22. The Morgan fingerprint density at radius 1 is 1.17 bits per heavy atom. The zero-order chi connectivity index (χ0) is 20.7. The number of nitrogens with one attached hydrogen (secondary N) is 2. The smallest absolute Gasteiger partial charge is 0.224 e. The van der Waals surface area contributed by atoms with Gasteiger partial charge >= 0.3 is 0 Å². The first-order valence-corrected chi connectivity index (χ1v) is 11.6. The zero-order valence-corrected chi connectivity index (χ0v) is 18.5. The number of nitrogens with zero attached hydrogens (tertiary/aromatic N) is 3. The standard InChI is InChI=1S/C23H27BrN6/c24-19-4-2-1-3-15(19)11-27-22-28-12-18(10-25)21(30-22)29-13-23-7-14-5-16(8-23)20(26)17(6-14)9-23/h1-4,12,14,16-17,20H,5-9,11,13,26H2,(H2,27,28,29,30)/t14?,16-,17+,20?,23?. The van der Waals surface area contributed by atoms with Crippen LogP contribution in [0, 0.1) is 34.5 Å². The minimum absolute atomic E-state index is 0.298. The Bertz CT molecular complexity index is 970. The molecule has 4 aliphatic rings. The van der Waals surface area contributed by atoms with E-state index in [0.717, 1.165) is 22.5 Å². The number of halogens is 1. The molecule has 30 heavy (non-hydrogen) atoms. The monoisotopic (exact) mass is 466 g/mol. The lowest BCUT2D eigenvalue weighted by Gasteiger charge is -2.59. The minimum atomic E-state index is 0.298. The SMILES string of the molecule is N#Cc1cnc(NCc2ccccc2Br)nc1NCC12CC3C[C@H](C1)C(N)[C@@H](C3)C2. The Labute approximate surface area is 185 Å². The average molecular weight is 467 g/mol. The lowest BCUT2D eigenvalue weighted by molar-refractivity contribution is -0.0591. The first-order chi connectivity index (χ1) is 14.5. The number of aromatic nitrogens is 2. The topological polar surface area (TPSA) is 99.6 Å². The largest absolute Gasteiger partial charge is 0.368 e. The molecule has 4 bridgehead atoms. The Hall–Kier alpha value is -2.17. The molecule has 1 aromatic heterocycles. The molecule has 1 aromatic carbocycles. The summed E-state index contributed by atoms with van der Waals surface area (Å²) in [6.07, 6.45) is 7.90. The summed E-state index contributed by atoms with van der Waals surface area (Å²) >= 11 is 3.57. The van der Waals surface area contributed by atoms with E-state index >= 15 is 0 Å². The highest BCUT2D eigenvalue weighted by atomic mass is 79.9. The first kappa shape index (κ1) is 19.8. The van der Waals surface area contributed by atoms with Crippen LogP contribution in [0.2, 0.25) is 0 Å². The number of hydrogen-bond donors (Lipinski definition) is 3. The molecule has 7 heteroatoms. The van der Waals surface area contributed by atoms with Crippen LogP contribution >= 0.6 is 15.9 Å². The summed E-state index contributed by atoms with van der Waals surface area (Å²) in [5.74, 6) is 3.31. The van der Waals surface area contributed by atoms with Crippen molar-refractivity contribution in [2.45, 2.75) is 44.7 Å². The summed E-state index contributed by atoms with van der Waals surface area (Å²) in [5.41, 5.74) is 8.41. The van der Waals surface area contributed by atoms with Gasteiger partial charge in [-0.25, -0.2) is 4.98 Å². The number of nitriles is 1. The van der Waals surface area contributed by atoms with Gasteiger partial charge in [0.25, 0.3) is 0 Å². The van der Waals surface area contributed by atoms with Gasteiger partial charge in [0.1, 0.15) is 17.5 Å². The Balaban J connectivity index is 1.29. The van der Waals surface area contributed by atoms with Crippen molar-refractivity contribution in [2.75, 3.05) is 17.2 Å². The maximum atomic E-state index is 9.54. The van der Waals surface area contributed by atoms with Crippen LogP contribution in [-0.4, -0.2) is 22.6 Å². The highest BCUT2D eigenvalue weighted by Crippen LogP contribution is 2.59. The predicted molar refractivity (Wildman–Crippen MR) is 121 cm³/mol. The molecule has 0 saturated heterocycles. The van der Waals surface area contributed by atoms with Gasteiger partial charge in [-0.05, 0) is 66.9 Å². The van der Waals surface area contributed by atoms with Crippen molar-refractivity contribution in [3.8, 4) is 6.07 Å². The molecule has 1 heterocycles. The third kappa shape index (κ3) is 3.67. The van der Waals surface area contributed by atoms with Crippen LogP contribution < -0.4 is 16.4 Å². The third-order valence-electron chi connectivity index (χ3n) is 7.41. The molecule has 6 rings (SSSR count). The quantitative estimate of drug-likeness (QED) is 0.586. The van der Waals surface area contributed by atoms with Crippen LogP contribution in [0.25, 0.3) is 0 Å². The van der Waals surface area contributed by atoms with Crippen molar-refractivity contribution < 1.29 is 0 Å². The van der Waals surface area contributed by atoms with E-state index in [1.807, 2.05) is 18.2 Å². The summed E-state index contributed by atoms with van der Waals surface area (Å²) in [6, 6.07) is 10.7. The minimum Gasteiger partial charge on any atom is -0.368 e. The molecule has 0 amide bonds. The van der Waals surface area contributed by atoms with Gasteiger partial charge < -0.3 is 16.4 Å². The normalized spacial score (nSPS) is 31.4. The molecule has 4 fully saturated rings. The second kappa shape index (κ2) is 7.82. The predicted octanol–water partition coefficient (Wildman–Crippen LogP) is 4.29. The number of anilines is 2. The third-order valence-corrected chi connectivity index (χ3v) is 8.18. The van der Waals surface area contributed by atoms with Gasteiger partial charge in [0, 0.05) is 23.6 Å². The van der Waals surface area contributed by atoms with Crippen molar-refractivity contribution in [2.24, 2.45) is 28.9 Å². The van der Waals surface area contributed by atoms with Gasteiger partial charge in [-0.15, -0.1) is 0 Å². The second-order valence-corrected chi connectivity index (χ2v) is 10.3. The molecule has 0 spiro atoms. The van der Waals surface area contributed by atoms with E-state index in [2.05, 4.69) is 48.7 Å². The highest BCUT2D eigenvalue weighted by Gasteiger charge is 2.54. The number of hydrogen-bond acceptors (Lipinski definition) is 6. The molecule has 4 saturated carbocycles. The van der Waals surface area contributed by atoms with E-state index in [1.54, 1.807) is 6.20 Å². The maximum Gasteiger partial charge on any atom is 0.224 e. The highest BCUT2D eigenvalue weighted by molar-refractivity contribution is 9.10. The first-order valence-electron chi connectivity index (χ1n) is 10.8. The molecular formula is C23H27BrN6. The fraction of sp³-hybridized carbons (Fsp3) is 0.522. The van der Waals surface area contributed by atoms with Crippen LogP contribution in [0.5, 0.6) is 0 Å². The molecule has 2 aromatic rings. The van der Waals surface area contributed by atoms with Crippen molar-refractivity contribution in [1.29, 1.82) is 5.26 Å². The van der Waals surface area contributed by atoms with Gasteiger partial charge in [0.2, 0.25) is 5.95 Å². The number of nitrogens with two attached hydrogens (primary N) is 1. The van der Waals surface area contributed by atoms with Gasteiger partial charge in [0.15, 0.2) is 0 Å². The van der Waals surface area contributed by atoms with Crippen LogP contribution in [0.4, 0.5) is 11.8 Å². The summed E-state index contributed by atoms with van der Waals surface area (Å²) in [7, 11) is 0. The van der Waals surface area contributed by atoms with E-state index in [9.17, 15) is 5.26 Å². The second-order valence-electron chi connectivity index (χ2n) is 9.41. The van der Waals surface area contributed by atoms with E-state index in [1.165, 1.54) is 32.1 Å². The molecule has 3 unspecified atom stereocenters. The van der Waals surface area contributed by atoms with Crippen LogP contribution in [0.3, 0.4) is 0 Å². The Morgan fingerprint density at radius 2 is 1.93 bits per heavy atom.